The van der Waals surface area contributed by atoms with Crippen molar-refractivity contribution in [3.8, 4) is 0 Å². The van der Waals surface area contributed by atoms with Gasteiger partial charge in [0.1, 0.15) is 0 Å². The zero-order valence-electron chi connectivity index (χ0n) is 12.4. The Hall–Kier alpha value is -1.27. The molecule has 1 aromatic carbocycles. The lowest BCUT2D eigenvalue weighted by molar-refractivity contribution is 0.457. The van der Waals surface area contributed by atoms with Gasteiger partial charge in [0.25, 0.3) is 0 Å². The van der Waals surface area contributed by atoms with Gasteiger partial charge in [0.05, 0.1) is 16.3 Å². The summed E-state index contributed by atoms with van der Waals surface area (Å²) >= 11 is 0. The Labute approximate surface area is 120 Å². The molecule has 0 aliphatic heterocycles. The van der Waals surface area contributed by atoms with Crippen molar-refractivity contribution in [2.24, 2.45) is 21.9 Å². The highest BCUT2D eigenvalue weighted by Crippen LogP contribution is 2.68. The van der Waals surface area contributed by atoms with Crippen LogP contribution in [0.2, 0.25) is 0 Å². The predicted molar refractivity (Wildman–Crippen MR) is 81.8 cm³/mol. The zero-order chi connectivity index (χ0) is 15.3. The molecular weight excluding hydrogens is 274 g/mol. The molecule has 5 nitrogen and oxygen atoms in total. The number of nitrogens with two attached hydrogens (primary N) is 2. The maximum Gasteiger partial charge on any atom is 0.238 e. The number of hydrogen-bond donors (Lipinski definition) is 3. The van der Waals surface area contributed by atoms with Crippen molar-refractivity contribution in [3.63, 3.8) is 0 Å². The second-order valence-electron chi connectivity index (χ2n) is 6.67. The molecule has 1 aliphatic carbocycles. The molecule has 0 spiro atoms. The smallest absolute Gasteiger partial charge is 0.238 e. The monoisotopic (exact) mass is 297 g/mol. The van der Waals surface area contributed by atoms with E-state index in [-0.39, 0.29) is 4.90 Å². The first-order chi connectivity index (χ1) is 8.98. The topological polar surface area (TPSA) is 98.2 Å². The number of hydrogen-bond acceptors (Lipinski definition) is 4. The third-order valence-corrected chi connectivity index (χ3v) is 6.08. The van der Waals surface area contributed by atoms with Crippen LogP contribution in [-0.4, -0.2) is 15.0 Å². The third kappa shape index (κ3) is 2.38. The molecule has 0 radical (unpaired) electrons. The summed E-state index contributed by atoms with van der Waals surface area (Å²) < 4.78 is 22.5. The molecule has 0 heterocycles. The first-order valence-corrected chi connectivity index (χ1v) is 8.19. The first-order valence-electron chi connectivity index (χ1n) is 6.64. The van der Waals surface area contributed by atoms with Crippen LogP contribution >= 0.6 is 0 Å². The summed E-state index contributed by atoms with van der Waals surface area (Å²) in [5.41, 5.74) is 7.62. The molecule has 0 unspecified atom stereocenters. The molecule has 0 amide bonds. The minimum atomic E-state index is -3.71. The first kappa shape index (κ1) is 15.1. The van der Waals surface area contributed by atoms with Crippen LogP contribution < -0.4 is 16.2 Å². The van der Waals surface area contributed by atoms with Crippen LogP contribution in [0.1, 0.15) is 27.7 Å². The molecule has 0 atom stereocenters. The van der Waals surface area contributed by atoms with Gasteiger partial charge in [-0.1, -0.05) is 27.7 Å². The van der Waals surface area contributed by atoms with Gasteiger partial charge in [-0.2, -0.15) is 0 Å². The Morgan fingerprint density at radius 2 is 1.75 bits per heavy atom. The number of nitrogen functional groups attached to an aromatic ring is 1. The lowest BCUT2D eigenvalue weighted by Gasteiger charge is -2.11. The zero-order valence-corrected chi connectivity index (χ0v) is 13.2. The largest absolute Gasteiger partial charge is 0.397 e. The molecule has 0 bridgehead atoms. The molecular formula is C14H23N3O2S. The van der Waals surface area contributed by atoms with Crippen LogP contribution in [-0.2, 0) is 10.0 Å². The molecule has 20 heavy (non-hydrogen) atoms. The highest BCUT2D eigenvalue weighted by molar-refractivity contribution is 7.89. The van der Waals surface area contributed by atoms with Gasteiger partial charge in [-0.3, -0.25) is 0 Å². The van der Waals surface area contributed by atoms with Crippen molar-refractivity contribution >= 4 is 21.4 Å². The molecule has 1 saturated carbocycles. The van der Waals surface area contributed by atoms with Gasteiger partial charge in [-0.25, -0.2) is 13.6 Å². The van der Waals surface area contributed by atoms with E-state index in [2.05, 4.69) is 33.0 Å². The molecule has 1 aromatic rings. The second-order valence-corrected chi connectivity index (χ2v) is 8.23. The van der Waals surface area contributed by atoms with Crippen molar-refractivity contribution in [1.29, 1.82) is 0 Å². The molecule has 2 rings (SSSR count). The lowest BCUT2D eigenvalue weighted by Crippen LogP contribution is -2.14. The Kier molecular flexibility index (Phi) is 3.30. The molecule has 0 aromatic heterocycles. The minimum Gasteiger partial charge on any atom is -0.397 e. The predicted octanol–water partition coefficient (Wildman–Crippen LogP) is 2.01. The van der Waals surface area contributed by atoms with Gasteiger partial charge >= 0.3 is 0 Å². The minimum absolute atomic E-state index is 0.0348. The summed E-state index contributed by atoms with van der Waals surface area (Å²) in [6.45, 7) is 9.85. The van der Waals surface area contributed by atoms with Crippen LogP contribution in [0, 0.1) is 16.7 Å². The Morgan fingerprint density at radius 1 is 1.20 bits per heavy atom. The van der Waals surface area contributed by atoms with E-state index >= 15 is 0 Å². The maximum absolute atomic E-state index is 11.2. The van der Waals surface area contributed by atoms with E-state index in [4.69, 9.17) is 10.9 Å². The number of anilines is 2. The fourth-order valence-electron chi connectivity index (χ4n) is 2.93. The standard InChI is InChI=1S/C14H23N3O2S/c1-13(2)12(14(13,3)4)8-17-11-6-5-9(7-10(11)15)20(16,18)19/h5-7,12,17H,8,15H2,1-4H3,(H2,16,18,19). The second kappa shape index (κ2) is 4.36. The Bertz CT molecular complexity index is 622. The van der Waals surface area contributed by atoms with Gasteiger partial charge < -0.3 is 11.1 Å². The summed E-state index contributed by atoms with van der Waals surface area (Å²) in [7, 11) is -3.71. The van der Waals surface area contributed by atoms with Gasteiger partial charge in [0, 0.05) is 6.54 Å². The number of sulfonamides is 1. The molecule has 0 saturated heterocycles. The fraction of sp³-hybridized carbons (Fsp3) is 0.571. The Balaban J connectivity index is 2.09. The van der Waals surface area contributed by atoms with Crippen LogP contribution in [0.4, 0.5) is 11.4 Å². The average molecular weight is 297 g/mol. The normalized spacial score (nSPS) is 20.6. The van der Waals surface area contributed by atoms with Crippen molar-refractivity contribution in [2.75, 3.05) is 17.6 Å². The third-order valence-electron chi connectivity index (χ3n) is 5.17. The lowest BCUT2D eigenvalue weighted by atomic mass is 10.0. The van der Waals surface area contributed by atoms with Crippen molar-refractivity contribution < 1.29 is 8.42 Å². The van der Waals surface area contributed by atoms with Gasteiger partial charge in [0.2, 0.25) is 10.0 Å². The molecule has 1 aliphatic rings. The highest BCUT2D eigenvalue weighted by atomic mass is 32.2. The molecule has 5 N–H and O–H groups in total. The summed E-state index contributed by atoms with van der Waals surface area (Å²) in [5, 5.41) is 8.38. The van der Waals surface area contributed by atoms with Crippen molar-refractivity contribution in [3.05, 3.63) is 18.2 Å². The van der Waals surface area contributed by atoms with Gasteiger partial charge in [-0.15, -0.1) is 0 Å². The Morgan fingerprint density at radius 3 is 2.15 bits per heavy atom. The summed E-state index contributed by atoms with van der Waals surface area (Å²) in [4.78, 5) is 0.0348. The fourth-order valence-corrected chi connectivity index (χ4v) is 3.48. The van der Waals surface area contributed by atoms with E-state index in [1.807, 2.05) is 0 Å². The van der Waals surface area contributed by atoms with Gasteiger partial charge in [0.15, 0.2) is 0 Å². The van der Waals surface area contributed by atoms with E-state index < -0.39 is 10.0 Å². The van der Waals surface area contributed by atoms with E-state index in [0.29, 0.717) is 22.4 Å². The van der Waals surface area contributed by atoms with Crippen LogP contribution in [0.15, 0.2) is 23.1 Å². The van der Waals surface area contributed by atoms with Crippen molar-refractivity contribution in [1.82, 2.24) is 0 Å². The van der Waals surface area contributed by atoms with E-state index in [1.165, 1.54) is 12.1 Å². The van der Waals surface area contributed by atoms with Crippen molar-refractivity contribution in [2.45, 2.75) is 32.6 Å². The van der Waals surface area contributed by atoms with Crippen LogP contribution in [0.25, 0.3) is 0 Å². The van der Waals surface area contributed by atoms with Gasteiger partial charge in [-0.05, 0) is 34.9 Å². The van der Waals surface area contributed by atoms with E-state index in [1.54, 1.807) is 6.07 Å². The molecule has 6 heteroatoms. The number of rotatable bonds is 4. The highest BCUT2D eigenvalue weighted by Gasteiger charge is 2.64. The molecule has 112 valence electrons. The average Bonchev–Trinajstić information content (AvgIpc) is 2.67. The summed E-state index contributed by atoms with van der Waals surface area (Å²) in [6, 6.07) is 4.52. The number of benzene rings is 1. The van der Waals surface area contributed by atoms with Crippen LogP contribution in [0.5, 0.6) is 0 Å². The van der Waals surface area contributed by atoms with E-state index in [9.17, 15) is 8.42 Å². The SMILES string of the molecule is CC1(C)C(CNc2ccc(S(N)(=O)=O)cc2N)C1(C)C. The summed E-state index contributed by atoms with van der Waals surface area (Å²) in [5.74, 6) is 0.562. The molecule has 1 fully saturated rings. The maximum atomic E-state index is 11.2. The van der Waals surface area contributed by atoms with Crippen LogP contribution in [0.3, 0.4) is 0 Å². The summed E-state index contributed by atoms with van der Waals surface area (Å²) in [6.07, 6.45) is 0. The quantitative estimate of drug-likeness (QED) is 0.740. The number of nitrogens with one attached hydrogen (secondary N) is 1. The number of primary sulfonamides is 1. The van der Waals surface area contributed by atoms with E-state index in [0.717, 1.165) is 12.2 Å².